The summed E-state index contributed by atoms with van der Waals surface area (Å²) in [7, 11) is 0. The fraction of sp³-hybridized carbons (Fsp3) is 0.235. The number of carbonyl (C=O) groups excluding carboxylic acids is 1. The number of anilines is 1. The summed E-state index contributed by atoms with van der Waals surface area (Å²) in [4.78, 5) is 14.1. The summed E-state index contributed by atoms with van der Waals surface area (Å²) >= 11 is 0. The molecule has 4 nitrogen and oxygen atoms in total. The fourth-order valence-electron chi connectivity index (χ4n) is 2.27. The van der Waals surface area contributed by atoms with Gasteiger partial charge in [0.25, 0.3) is 0 Å². The summed E-state index contributed by atoms with van der Waals surface area (Å²) in [5.41, 5.74) is 1.67. The lowest BCUT2D eigenvalue weighted by Gasteiger charge is -2.28. The van der Waals surface area contributed by atoms with E-state index < -0.39 is 0 Å². The number of amides is 2. The molecule has 0 heterocycles. The van der Waals surface area contributed by atoms with E-state index in [4.69, 9.17) is 0 Å². The average Bonchev–Trinajstić information content (AvgIpc) is 2.49. The van der Waals surface area contributed by atoms with Crippen molar-refractivity contribution >= 4 is 11.7 Å². The number of rotatable bonds is 4. The first-order valence-corrected chi connectivity index (χ1v) is 7.03. The summed E-state index contributed by atoms with van der Waals surface area (Å²) < 4.78 is 0. The van der Waals surface area contributed by atoms with Gasteiger partial charge in [-0.15, -0.1) is 0 Å². The van der Waals surface area contributed by atoms with E-state index in [9.17, 15) is 9.90 Å². The Balaban J connectivity index is 2.13. The maximum absolute atomic E-state index is 12.4. The van der Waals surface area contributed by atoms with Gasteiger partial charge in [0.15, 0.2) is 0 Å². The third kappa shape index (κ3) is 3.75. The van der Waals surface area contributed by atoms with E-state index in [1.165, 1.54) is 0 Å². The molecule has 110 valence electrons. The molecule has 0 radical (unpaired) electrons. The number of phenolic OH excluding ortho intramolecular Hbond substituents is 1. The molecule has 2 amide bonds. The second-order valence-corrected chi connectivity index (χ2v) is 4.85. The van der Waals surface area contributed by atoms with Gasteiger partial charge in [-0.1, -0.05) is 30.3 Å². The normalized spacial score (nSPS) is 11.7. The zero-order valence-electron chi connectivity index (χ0n) is 12.3. The lowest BCUT2D eigenvalue weighted by Crippen LogP contribution is -2.36. The predicted molar refractivity (Wildman–Crippen MR) is 84.4 cm³/mol. The van der Waals surface area contributed by atoms with Crippen molar-refractivity contribution in [3.63, 3.8) is 0 Å². The SMILES string of the molecule is CCN(C(=O)Nc1ccccc1)C(C)c1cccc(O)c1. The van der Waals surface area contributed by atoms with Crippen LogP contribution in [0.15, 0.2) is 54.6 Å². The van der Waals surface area contributed by atoms with Crippen LogP contribution in [0, 0.1) is 0 Å². The maximum Gasteiger partial charge on any atom is 0.322 e. The zero-order valence-corrected chi connectivity index (χ0v) is 12.3. The summed E-state index contributed by atoms with van der Waals surface area (Å²) in [6.45, 7) is 4.46. The summed E-state index contributed by atoms with van der Waals surface area (Å²) in [5, 5.41) is 12.5. The number of phenols is 1. The minimum atomic E-state index is -0.153. The topological polar surface area (TPSA) is 52.6 Å². The van der Waals surface area contributed by atoms with Gasteiger partial charge in [-0.3, -0.25) is 0 Å². The van der Waals surface area contributed by atoms with Crippen LogP contribution in [-0.2, 0) is 0 Å². The third-order valence-corrected chi connectivity index (χ3v) is 3.45. The van der Waals surface area contributed by atoms with Gasteiger partial charge in [0.2, 0.25) is 0 Å². The van der Waals surface area contributed by atoms with Crippen molar-refractivity contribution in [1.82, 2.24) is 4.90 Å². The Morgan fingerprint density at radius 1 is 1.19 bits per heavy atom. The van der Waals surface area contributed by atoms with E-state index in [1.54, 1.807) is 23.1 Å². The Morgan fingerprint density at radius 3 is 2.52 bits per heavy atom. The number of nitrogens with one attached hydrogen (secondary N) is 1. The molecule has 2 aromatic rings. The third-order valence-electron chi connectivity index (χ3n) is 3.45. The Hall–Kier alpha value is -2.49. The first kappa shape index (κ1) is 14.9. The van der Waals surface area contributed by atoms with E-state index >= 15 is 0 Å². The molecule has 0 aliphatic rings. The number of aromatic hydroxyl groups is 1. The molecule has 0 aliphatic carbocycles. The monoisotopic (exact) mass is 284 g/mol. The number of carbonyl (C=O) groups is 1. The van der Waals surface area contributed by atoms with E-state index in [0.29, 0.717) is 6.54 Å². The van der Waals surface area contributed by atoms with E-state index in [1.807, 2.05) is 50.2 Å². The standard InChI is InChI=1S/C17H20N2O2/c1-3-19(13(2)14-8-7-11-16(20)12-14)17(21)18-15-9-5-4-6-10-15/h4-13,20H,3H2,1-2H3,(H,18,21). The highest BCUT2D eigenvalue weighted by molar-refractivity contribution is 5.89. The molecular weight excluding hydrogens is 264 g/mol. The Kier molecular flexibility index (Phi) is 4.82. The van der Waals surface area contributed by atoms with Gasteiger partial charge in [-0.25, -0.2) is 4.79 Å². The van der Waals surface area contributed by atoms with Crippen molar-refractivity contribution in [3.05, 3.63) is 60.2 Å². The Bertz CT molecular complexity index is 599. The summed E-state index contributed by atoms with van der Waals surface area (Å²) in [6, 6.07) is 16.1. The molecule has 1 unspecified atom stereocenters. The molecule has 0 fully saturated rings. The number of nitrogens with zero attached hydrogens (tertiary/aromatic N) is 1. The molecule has 1 atom stereocenters. The van der Waals surface area contributed by atoms with Crippen molar-refractivity contribution in [3.8, 4) is 5.75 Å². The van der Waals surface area contributed by atoms with Crippen LogP contribution in [0.3, 0.4) is 0 Å². The number of hydrogen-bond donors (Lipinski definition) is 2. The molecule has 0 bridgehead atoms. The van der Waals surface area contributed by atoms with E-state index in [-0.39, 0.29) is 17.8 Å². The van der Waals surface area contributed by atoms with Crippen LogP contribution >= 0.6 is 0 Å². The van der Waals surface area contributed by atoms with Crippen LogP contribution in [0.2, 0.25) is 0 Å². The Morgan fingerprint density at radius 2 is 1.90 bits per heavy atom. The van der Waals surface area contributed by atoms with Gasteiger partial charge in [0.05, 0.1) is 6.04 Å². The molecular formula is C17H20N2O2. The van der Waals surface area contributed by atoms with E-state index in [0.717, 1.165) is 11.3 Å². The number of para-hydroxylation sites is 1. The van der Waals surface area contributed by atoms with Crippen LogP contribution in [0.25, 0.3) is 0 Å². The van der Waals surface area contributed by atoms with Gasteiger partial charge in [-0.05, 0) is 43.7 Å². The van der Waals surface area contributed by atoms with Gasteiger partial charge in [0.1, 0.15) is 5.75 Å². The largest absolute Gasteiger partial charge is 0.508 e. The van der Waals surface area contributed by atoms with Gasteiger partial charge >= 0.3 is 6.03 Å². The fourth-order valence-corrected chi connectivity index (χ4v) is 2.27. The minimum absolute atomic E-state index is 0.120. The molecule has 0 aliphatic heterocycles. The quantitative estimate of drug-likeness (QED) is 0.891. The predicted octanol–water partition coefficient (Wildman–Crippen LogP) is 4.01. The maximum atomic E-state index is 12.4. The highest BCUT2D eigenvalue weighted by atomic mass is 16.3. The molecule has 2 aromatic carbocycles. The van der Waals surface area contributed by atoms with E-state index in [2.05, 4.69) is 5.32 Å². The lowest BCUT2D eigenvalue weighted by molar-refractivity contribution is 0.197. The molecule has 0 aromatic heterocycles. The smallest absolute Gasteiger partial charge is 0.322 e. The van der Waals surface area contributed by atoms with Crippen molar-refractivity contribution in [2.45, 2.75) is 19.9 Å². The van der Waals surface area contributed by atoms with Crippen LogP contribution in [0.5, 0.6) is 5.75 Å². The molecule has 21 heavy (non-hydrogen) atoms. The van der Waals surface area contributed by atoms with Crippen molar-refractivity contribution in [2.24, 2.45) is 0 Å². The molecule has 0 saturated heterocycles. The average molecular weight is 284 g/mol. The van der Waals surface area contributed by atoms with Crippen LogP contribution in [0.4, 0.5) is 10.5 Å². The van der Waals surface area contributed by atoms with Gasteiger partial charge in [0, 0.05) is 12.2 Å². The molecule has 0 spiro atoms. The first-order chi connectivity index (χ1) is 10.1. The van der Waals surface area contributed by atoms with Crippen LogP contribution in [-0.4, -0.2) is 22.6 Å². The number of benzene rings is 2. The van der Waals surface area contributed by atoms with Crippen LogP contribution in [0.1, 0.15) is 25.5 Å². The first-order valence-electron chi connectivity index (χ1n) is 7.03. The lowest BCUT2D eigenvalue weighted by atomic mass is 10.1. The summed E-state index contributed by atoms with van der Waals surface area (Å²) in [6.07, 6.45) is 0. The molecule has 2 N–H and O–H groups in total. The molecule has 0 saturated carbocycles. The van der Waals surface area contributed by atoms with Crippen molar-refractivity contribution < 1.29 is 9.90 Å². The van der Waals surface area contributed by atoms with Crippen molar-refractivity contribution in [1.29, 1.82) is 0 Å². The van der Waals surface area contributed by atoms with Gasteiger partial charge < -0.3 is 15.3 Å². The minimum Gasteiger partial charge on any atom is -0.508 e. The van der Waals surface area contributed by atoms with Crippen molar-refractivity contribution in [2.75, 3.05) is 11.9 Å². The zero-order chi connectivity index (χ0) is 15.2. The highest BCUT2D eigenvalue weighted by Crippen LogP contribution is 2.24. The van der Waals surface area contributed by atoms with Crippen LogP contribution < -0.4 is 5.32 Å². The summed E-state index contributed by atoms with van der Waals surface area (Å²) in [5.74, 6) is 0.207. The highest BCUT2D eigenvalue weighted by Gasteiger charge is 2.20. The number of hydrogen-bond acceptors (Lipinski definition) is 2. The number of urea groups is 1. The second kappa shape index (κ2) is 6.79. The molecule has 4 heteroatoms. The van der Waals surface area contributed by atoms with Gasteiger partial charge in [-0.2, -0.15) is 0 Å². The molecule has 2 rings (SSSR count). The second-order valence-electron chi connectivity index (χ2n) is 4.85. The Labute approximate surface area is 125 Å².